The zero-order valence-corrected chi connectivity index (χ0v) is 22.9. The number of hydrogen-bond acceptors (Lipinski definition) is 7. The molecule has 0 unspecified atom stereocenters. The fraction of sp³-hybridized carbons (Fsp3) is 0.120. The number of cyclic esters (lactones) is 1. The first-order chi connectivity index (χ1) is 16.7. The van der Waals surface area contributed by atoms with Gasteiger partial charge in [0.2, 0.25) is 5.90 Å². The smallest absolute Gasteiger partial charge is 0.363 e. The molecule has 1 aliphatic rings. The highest BCUT2D eigenvalue weighted by molar-refractivity contribution is 14.1. The first-order valence-corrected chi connectivity index (χ1v) is 12.4. The average molecular weight is 696 g/mol. The van der Waals surface area contributed by atoms with E-state index in [2.05, 4.69) is 50.2 Å². The summed E-state index contributed by atoms with van der Waals surface area (Å²) in [6.07, 6.45) is 1.60. The van der Waals surface area contributed by atoms with Crippen molar-refractivity contribution < 1.29 is 23.9 Å². The summed E-state index contributed by atoms with van der Waals surface area (Å²) in [6, 6.07) is 16.1. The van der Waals surface area contributed by atoms with Crippen molar-refractivity contribution in [3.05, 3.63) is 99.8 Å². The first-order valence-electron chi connectivity index (χ1n) is 10.3. The van der Waals surface area contributed by atoms with Gasteiger partial charge in [-0.3, -0.25) is 10.1 Å². The fourth-order valence-corrected chi connectivity index (χ4v) is 4.82. The molecular formula is C25H18I2N2O6. The van der Waals surface area contributed by atoms with Crippen LogP contribution in [0.1, 0.15) is 22.3 Å². The van der Waals surface area contributed by atoms with Gasteiger partial charge < -0.3 is 14.2 Å². The maximum atomic E-state index is 12.4. The number of halogens is 2. The molecular weight excluding hydrogens is 678 g/mol. The van der Waals surface area contributed by atoms with E-state index in [1.54, 1.807) is 32.2 Å². The highest BCUT2D eigenvalue weighted by atomic mass is 127. The van der Waals surface area contributed by atoms with Crippen molar-refractivity contribution >= 4 is 68.8 Å². The lowest BCUT2D eigenvalue weighted by Gasteiger charge is -2.14. The van der Waals surface area contributed by atoms with E-state index >= 15 is 0 Å². The molecule has 1 aliphatic heterocycles. The van der Waals surface area contributed by atoms with Crippen molar-refractivity contribution in [2.75, 3.05) is 7.11 Å². The Hall–Kier alpha value is -3.00. The summed E-state index contributed by atoms with van der Waals surface area (Å²) in [5.41, 5.74) is 2.75. The zero-order chi connectivity index (χ0) is 25.1. The van der Waals surface area contributed by atoms with E-state index in [1.165, 1.54) is 12.1 Å². The molecule has 3 aromatic rings. The molecule has 0 fully saturated rings. The monoisotopic (exact) mass is 696 g/mol. The Labute approximate surface area is 228 Å². The molecule has 8 nitrogen and oxygen atoms in total. The molecule has 0 spiro atoms. The molecule has 0 saturated heterocycles. The Balaban J connectivity index is 1.59. The lowest BCUT2D eigenvalue weighted by Crippen LogP contribution is -2.06. The normalized spacial score (nSPS) is 14.0. The summed E-state index contributed by atoms with van der Waals surface area (Å²) in [5, 5.41) is 11.1. The molecule has 0 radical (unpaired) electrons. The van der Waals surface area contributed by atoms with Crippen LogP contribution in [-0.2, 0) is 16.1 Å². The number of esters is 1. The summed E-state index contributed by atoms with van der Waals surface area (Å²) in [4.78, 5) is 27.3. The number of hydrogen-bond donors (Lipinski definition) is 0. The fourth-order valence-electron chi connectivity index (χ4n) is 3.43. The van der Waals surface area contributed by atoms with Gasteiger partial charge in [-0.1, -0.05) is 12.1 Å². The minimum atomic E-state index is -0.607. The van der Waals surface area contributed by atoms with Crippen molar-refractivity contribution in [1.29, 1.82) is 0 Å². The second-order valence-electron chi connectivity index (χ2n) is 7.55. The second-order valence-corrected chi connectivity index (χ2v) is 9.95. The van der Waals surface area contributed by atoms with Gasteiger partial charge in [0.15, 0.2) is 17.2 Å². The predicted molar refractivity (Wildman–Crippen MR) is 148 cm³/mol. The van der Waals surface area contributed by atoms with E-state index in [0.29, 0.717) is 34.8 Å². The van der Waals surface area contributed by atoms with Crippen LogP contribution < -0.4 is 9.47 Å². The Morgan fingerprint density at radius 3 is 2.63 bits per heavy atom. The number of rotatable bonds is 7. The lowest BCUT2D eigenvalue weighted by atomic mass is 10.1. The molecule has 0 atom stereocenters. The first kappa shape index (κ1) is 25.1. The molecule has 0 saturated carbocycles. The number of aryl methyl sites for hydroxylation is 1. The van der Waals surface area contributed by atoms with Gasteiger partial charge in [0.1, 0.15) is 6.61 Å². The second kappa shape index (κ2) is 10.7. The Kier molecular flexibility index (Phi) is 7.69. The Morgan fingerprint density at radius 2 is 1.94 bits per heavy atom. The zero-order valence-electron chi connectivity index (χ0n) is 18.6. The SMILES string of the molecule is COc1cc(/C=C2\N=C(c3ccc([N+](=O)[O-])c(C)c3)OC2=O)cc(I)c1OCc1cccc(I)c1. The van der Waals surface area contributed by atoms with Crippen LogP contribution in [0.15, 0.2) is 65.3 Å². The summed E-state index contributed by atoms with van der Waals surface area (Å²) in [6.45, 7) is 2.00. The van der Waals surface area contributed by atoms with Gasteiger partial charge in [-0.15, -0.1) is 0 Å². The Morgan fingerprint density at radius 1 is 1.14 bits per heavy atom. The maximum absolute atomic E-state index is 12.4. The third-order valence-electron chi connectivity index (χ3n) is 5.09. The van der Waals surface area contributed by atoms with Crippen molar-refractivity contribution in [1.82, 2.24) is 0 Å². The molecule has 0 N–H and O–H groups in total. The summed E-state index contributed by atoms with van der Waals surface area (Å²) >= 11 is 4.42. The molecule has 0 amide bonds. The average Bonchev–Trinajstić information content (AvgIpc) is 3.17. The molecule has 0 bridgehead atoms. The van der Waals surface area contributed by atoms with E-state index in [1.807, 2.05) is 30.3 Å². The number of ether oxygens (including phenoxy) is 3. The number of carbonyl (C=O) groups excluding carboxylic acids is 1. The largest absolute Gasteiger partial charge is 0.493 e. The third kappa shape index (κ3) is 5.81. The summed E-state index contributed by atoms with van der Waals surface area (Å²) in [7, 11) is 1.55. The van der Waals surface area contributed by atoms with Crippen molar-refractivity contribution in [3.8, 4) is 11.5 Å². The number of aliphatic imine (C=N–C) groups is 1. The number of benzene rings is 3. The van der Waals surface area contributed by atoms with Crippen LogP contribution in [0.25, 0.3) is 6.08 Å². The molecule has 4 rings (SSSR count). The number of nitrogens with zero attached hydrogens (tertiary/aromatic N) is 2. The maximum Gasteiger partial charge on any atom is 0.363 e. The van der Waals surface area contributed by atoms with Crippen LogP contribution >= 0.6 is 45.2 Å². The quantitative estimate of drug-likeness (QED) is 0.0982. The predicted octanol–water partition coefficient (Wildman–Crippen LogP) is 6.04. The molecule has 0 aliphatic carbocycles. The van der Waals surface area contributed by atoms with Gasteiger partial charge in [0, 0.05) is 20.8 Å². The highest BCUT2D eigenvalue weighted by Crippen LogP contribution is 2.36. The molecule has 10 heteroatoms. The number of nitro groups is 1. The van der Waals surface area contributed by atoms with E-state index in [-0.39, 0.29) is 17.3 Å². The molecule has 0 aromatic heterocycles. The highest BCUT2D eigenvalue weighted by Gasteiger charge is 2.25. The van der Waals surface area contributed by atoms with Crippen LogP contribution in [0.4, 0.5) is 5.69 Å². The van der Waals surface area contributed by atoms with Gasteiger partial charge in [-0.2, -0.15) is 0 Å². The van der Waals surface area contributed by atoms with Gasteiger partial charge in [-0.05, 0) is 106 Å². The van der Waals surface area contributed by atoms with Crippen molar-refractivity contribution in [2.24, 2.45) is 4.99 Å². The van der Waals surface area contributed by atoms with Crippen LogP contribution in [0.2, 0.25) is 0 Å². The van der Waals surface area contributed by atoms with E-state index < -0.39 is 10.9 Å². The Bertz CT molecular complexity index is 1400. The lowest BCUT2D eigenvalue weighted by molar-refractivity contribution is -0.385. The van der Waals surface area contributed by atoms with Crippen LogP contribution in [0, 0.1) is 24.2 Å². The van der Waals surface area contributed by atoms with E-state index in [4.69, 9.17) is 14.2 Å². The van der Waals surface area contributed by atoms with Gasteiger partial charge >= 0.3 is 5.97 Å². The number of carbonyl (C=O) groups is 1. The van der Waals surface area contributed by atoms with Crippen molar-refractivity contribution in [3.63, 3.8) is 0 Å². The third-order valence-corrected chi connectivity index (χ3v) is 6.56. The summed E-state index contributed by atoms with van der Waals surface area (Å²) in [5.74, 6) is 0.618. The van der Waals surface area contributed by atoms with Crippen LogP contribution in [-0.4, -0.2) is 23.9 Å². The number of nitro benzene ring substituents is 1. The van der Waals surface area contributed by atoms with Gasteiger partial charge in [0.25, 0.3) is 5.69 Å². The van der Waals surface area contributed by atoms with E-state index in [9.17, 15) is 14.9 Å². The van der Waals surface area contributed by atoms with Crippen molar-refractivity contribution in [2.45, 2.75) is 13.5 Å². The minimum absolute atomic E-state index is 0.0135. The van der Waals surface area contributed by atoms with E-state index in [0.717, 1.165) is 12.7 Å². The number of methoxy groups -OCH3 is 1. The van der Waals surface area contributed by atoms with Gasteiger partial charge in [-0.25, -0.2) is 9.79 Å². The van der Waals surface area contributed by atoms with Crippen LogP contribution in [0.5, 0.6) is 11.5 Å². The molecule has 3 aromatic carbocycles. The van der Waals surface area contributed by atoms with Crippen LogP contribution in [0.3, 0.4) is 0 Å². The summed E-state index contributed by atoms with van der Waals surface area (Å²) < 4.78 is 18.8. The molecule has 35 heavy (non-hydrogen) atoms. The standard InChI is InChI=1S/C25H18I2N2O6/c1-14-8-17(6-7-21(14)29(31)32)24-28-20(25(30)35-24)11-16-10-19(27)23(22(12-16)33-2)34-13-15-4-3-5-18(26)9-15/h3-12H,13H2,1-2H3/b20-11-. The minimum Gasteiger partial charge on any atom is -0.493 e. The van der Waals surface area contributed by atoms with Gasteiger partial charge in [0.05, 0.1) is 15.6 Å². The topological polar surface area (TPSA) is 100 Å². The molecule has 178 valence electrons. The molecule has 1 heterocycles.